The van der Waals surface area contributed by atoms with Gasteiger partial charge in [-0.1, -0.05) is 24.3 Å². The van der Waals surface area contributed by atoms with Crippen LogP contribution >= 0.6 is 0 Å². The fourth-order valence-corrected chi connectivity index (χ4v) is 1.69. The van der Waals surface area contributed by atoms with Crippen molar-refractivity contribution in [2.45, 2.75) is 13.2 Å². The van der Waals surface area contributed by atoms with Crippen LogP contribution in [0.15, 0.2) is 36.5 Å². The molecule has 0 fully saturated rings. The van der Waals surface area contributed by atoms with E-state index >= 15 is 0 Å². The zero-order valence-electron chi connectivity index (χ0n) is 10.5. The molecule has 0 spiro atoms. The number of rotatable bonds is 5. The number of nitrogens with one attached hydrogen (secondary N) is 1. The molecule has 20 heavy (non-hydrogen) atoms. The normalized spacial score (nSPS) is 10.3. The Morgan fingerprint density at radius 3 is 2.50 bits per heavy atom. The number of aromatic carboxylic acids is 1. The molecule has 0 aliphatic rings. The molecule has 0 aliphatic heterocycles. The van der Waals surface area contributed by atoms with Gasteiger partial charge in [0.25, 0.3) is 0 Å². The van der Waals surface area contributed by atoms with Crippen LogP contribution in [-0.2, 0) is 13.2 Å². The topological polar surface area (TPSA) is 82.5 Å². The molecule has 1 aromatic carbocycles. The Morgan fingerprint density at radius 1 is 1.25 bits per heavy atom. The van der Waals surface area contributed by atoms with E-state index in [1.165, 1.54) is 0 Å². The number of carbonyl (C=O) groups is 1. The molecule has 2 rings (SSSR count). The molecule has 0 radical (unpaired) electrons. The van der Waals surface area contributed by atoms with Crippen LogP contribution in [0.25, 0.3) is 0 Å². The zero-order valence-corrected chi connectivity index (χ0v) is 10.5. The third kappa shape index (κ3) is 3.30. The van der Waals surface area contributed by atoms with Gasteiger partial charge in [-0.15, -0.1) is 0 Å². The second-order valence-corrected chi connectivity index (χ2v) is 4.18. The minimum absolute atomic E-state index is 0.0314. The average Bonchev–Trinajstić information content (AvgIpc) is 2.46. The van der Waals surface area contributed by atoms with E-state index in [2.05, 4.69) is 10.3 Å². The van der Waals surface area contributed by atoms with Crippen LogP contribution in [0.4, 0.5) is 10.2 Å². The van der Waals surface area contributed by atoms with Gasteiger partial charge in [0.15, 0.2) is 0 Å². The predicted molar refractivity (Wildman–Crippen MR) is 70.8 cm³/mol. The molecule has 0 unspecified atom stereocenters. The van der Waals surface area contributed by atoms with E-state index in [1.54, 1.807) is 12.1 Å². The molecule has 1 aromatic heterocycles. The number of aromatic nitrogens is 1. The minimum atomic E-state index is -1.24. The summed E-state index contributed by atoms with van der Waals surface area (Å²) in [6.45, 7) is 0.320. The number of anilines is 1. The summed E-state index contributed by atoms with van der Waals surface area (Å²) >= 11 is 0. The average molecular weight is 276 g/mol. The Hall–Kier alpha value is -2.47. The van der Waals surface area contributed by atoms with E-state index in [-0.39, 0.29) is 18.0 Å². The number of aliphatic hydroxyl groups excluding tert-OH is 1. The lowest BCUT2D eigenvalue weighted by atomic mass is 10.1. The molecule has 0 amide bonds. The summed E-state index contributed by atoms with van der Waals surface area (Å²) in [4.78, 5) is 14.7. The summed E-state index contributed by atoms with van der Waals surface area (Å²) < 4.78 is 13.0. The zero-order chi connectivity index (χ0) is 14.5. The lowest BCUT2D eigenvalue weighted by Gasteiger charge is -2.09. The van der Waals surface area contributed by atoms with Gasteiger partial charge in [-0.3, -0.25) is 0 Å². The maximum atomic E-state index is 13.0. The van der Waals surface area contributed by atoms with Gasteiger partial charge in [-0.2, -0.15) is 0 Å². The number of benzene rings is 1. The van der Waals surface area contributed by atoms with E-state index in [1.807, 2.05) is 12.1 Å². The van der Waals surface area contributed by atoms with E-state index in [4.69, 9.17) is 10.2 Å². The SMILES string of the molecule is O=C(O)c1cc(F)cnc1NCc1ccc(CO)cc1. The van der Waals surface area contributed by atoms with E-state index < -0.39 is 11.8 Å². The first-order chi connectivity index (χ1) is 9.60. The van der Waals surface area contributed by atoms with Crippen LogP contribution in [-0.4, -0.2) is 21.2 Å². The van der Waals surface area contributed by atoms with Gasteiger partial charge in [0.1, 0.15) is 17.2 Å². The Morgan fingerprint density at radius 2 is 1.90 bits per heavy atom. The number of halogens is 1. The van der Waals surface area contributed by atoms with Crippen LogP contribution < -0.4 is 5.32 Å². The third-order valence-corrected chi connectivity index (χ3v) is 2.75. The van der Waals surface area contributed by atoms with Crippen LogP contribution in [0.2, 0.25) is 0 Å². The number of nitrogens with zero attached hydrogens (tertiary/aromatic N) is 1. The smallest absolute Gasteiger partial charge is 0.339 e. The highest BCUT2D eigenvalue weighted by Gasteiger charge is 2.12. The summed E-state index contributed by atoms with van der Waals surface area (Å²) in [5, 5.41) is 20.8. The van der Waals surface area contributed by atoms with Crippen LogP contribution in [0.3, 0.4) is 0 Å². The second-order valence-electron chi connectivity index (χ2n) is 4.18. The quantitative estimate of drug-likeness (QED) is 0.778. The first-order valence-electron chi connectivity index (χ1n) is 5.91. The van der Waals surface area contributed by atoms with Gasteiger partial charge < -0.3 is 15.5 Å². The van der Waals surface area contributed by atoms with Gasteiger partial charge in [-0.05, 0) is 17.2 Å². The van der Waals surface area contributed by atoms with Crippen molar-refractivity contribution >= 4 is 11.8 Å². The largest absolute Gasteiger partial charge is 0.478 e. The Balaban J connectivity index is 2.12. The molecule has 6 heteroatoms. The van der Waals surface area contributed by atoms with Crippen molar-refractivity contribution in [2.75, 3.05) is 5.32 Å². The van der Waals surface area contributed by atoms with E-state index in [0.717, 1.165) is 23.4 Å². The van der Waals surface area contributed by atoms with Crippen LogP contribution in [0.5, 0.6) is 0 Å². The Labute approximate surface area is 114 Å². The lowest BCUT2D eigenvalue weighted by molar-refractivity contribution is 0.0697. The summed E-state index contributed by atoms with van der Waals surface area (Å²) in [5.41, 5.74) is 1.47. The number of pyridine rings is 1. The van der Waals surface area contributed by atoms with Crippen molar-refractivity contribution in [2.24, 2.45) is 0 Å². The van der Waals surface area contributed by atoms with Gasteiger partial charge in [0, 0.05) is 6.54 Å². The highest BCUT2D eigenvalue weighted by molar-refractivity contribution is 5.93. The molecule has 0 bridgehead atoms. The number of carboxylic acid groups (broad SMARTS) is 1. The molecule has 0 saturated heterocycles. The summed E-state index contributed by atoms with van der Waals surface area (Å²) in [6, 6.07) is 8.08. The fourth-order valence-electron chi connectivity index (χ4n) is 1.69. The number of hydrogen-bond donors (Lipinski definition) is 3. The number of aliphatic hydroxyl groups is 1. The maximum absolute atomic E-state index is 13.0. The molecule has 3 N–H and O–H groups in total. The highest BCUT2D eigenvalue weighted by Crippen LogP contribution is 2.15. The molecule has 104 valence electrons. The first-order valence-corrected chi connectivity index (χ1v) is 5.91. The van der Waals surface area contributed by atoms with Crippen molar-refractivity contribution in [3.63, 3.8) is 0 Å². The molecule has 0 aliphatic carbocycles. The van der Waals surface area contributed by atoms with Crippen molar-refractivity contribution in [1.29, 1.82) is 0 Å². The van der Waals surface area contributed by atoms with Crippen molar-refractivity contribution in [3.05, 3.63) is 59.0 Å². The van der Waals surface area contributed by atoms with Crippen LogP contribution in [0, 0.1) is 5.82 Å². The van der Waals surface area contributed by atoms with E-state index in [9.17, 15) is 9.18 Å². The lowest BCUT2D eigenvalue weighted by Crippen LogP contribution is -2.09. The van der Waals surface area contributed by atoms with Crippen molar-refractivity contribution in [3.8, 4) is 0 Å². The number of carboxylic acids is 1. The molecule has 0 atom stereocenters. The molecule has 2 aromatic rings. The Bertz CT molecular complexity index is 614. The molecule has 0 saturated carbocycles. The highest BCUT2D eigenvalue weighted by atomic mass is 19.1. The monoisotopic (exact) mass is 276 g/mol. The second kappa shape index (κ2) is 6.12. The number of hydrogen-bond acceptors (Lipinski definition) is 4. The maximum Gasteiger partial charge on any atom is 0.339 e. The van der Waals surface area contributed by atoms with Crippen molar-refractivity contribution < 1.29 is 19.4 Å². The van der Waals surface area contributed by atoms with Gasteiger partial charge in [0.05, 0.1) is 12.8 Å². The predicted octanol–water partition coefficient (Wildman–Crippen LogP) is 2.02. The standard InChI is InChI=1S/C14H13FN2O3/c15-11-5-12(14(19)20)13(17-7-11)16-6-9-1-3-10(8-18)4-2-9/h1-5,7,18H,6,8H2,(H,16,17)(H,19,20). The van der Waals surface area contributed by atoms with Crippen LogP contribution in [0.1, 0.15) is 21.5 Å². The van der Waals surface area contributed by atoms with Gasteiger partial charge >= 0.3 is 5.97 Å². The van der Waals surface area contributed by atoms with E-state index in [0.29, 0.717) is 6.54 Å². The Kier molecular flexibility index (Phi) is 4.27. The molecule has 5 nitrogen and oxygen atoms in total. The summed E-state index contributed by atoms with van der Waals surface area (Å²) in [5.74, 6) is -1.82. The minimum Gasteiger partial charge on any atom is -0.478 e. The first kappa shape index (κ1) is 14.0. The summed E-state index contributed by atoms with van der Waals surface area (Å²) in [6.07, 6.45) is 0.962. The third-order valence-electron chi connectivity index (χ3n) is 2.75. The fraction of sp³-hybridized carbons (Fsp3) is 0.143. The molecular weight excluding hydrogens is 263 g/mol. The molecular formula is C14H13FN2O3. The van der Waals surface area contributed by atoms with Gasteiger partial charge in [0.2, 0.25) is 0 Å². The molecule has 1 heterocycles. The summed E-state index contributed by atoms with van der Waals surface area (Å²) in [7, 11) is 0. The van der Waals surface area contributed by atoms with Crippen molar-refractivity contribution in [1.82, 2.24) is 4.98 Å². The van der Waals surface area contributed by atoms with Gasteiger partial charge in [-0.25, -0.2) is 14.2 Å².